The van der Waals surface area contributed by atoms with E-state index in [4.69, 9.17) is 4.74 Å². The van der Waals surface area contributed by atoms with Gasteiger partial charge in [-0.05, 0) is 13.3 Å². The summed E-state index contributed by atoms with van der Waals surface area (Å²) in [6, 6.07) is 0. The SMILES string of the molecule is CO[C@H]1CCS(=O)(=O)[C@H]1C. The van der Waals surface area contributed by atoms with Gasteiger partial charge in [-0.3, -0.25) is 0 Å². The van der Waals surface area contributed by atoms with Crippen LogP contribution < -0.4 is 0 Å². The molecule has 0 unspecified atom stereocenters. The summed E-state index contributed by atoms with van der Waals surface area (Å²) in [7, 11) is -1.25. The molecule has 0 bridgehead atoms. The number of hydrogen-bond acceptors (Lipinski definition) is 3. The van der Waals surface area contributed by atoms with E-state index < -0.39 is 9.84 Å². The molecule has 1 rings (SSSR count). The number of ether oxygens (including phenoxy) is 1. The summed E-state index contributed by atoms with van der Waals surface area (Å²) in [5, 5.41) is -0.308. The molecule has 4 heteroatoms. The summed E-state index contributed by atoms with van der Waals surface area (Å²) in [4.78, 5) is 0. The lowest BCUT2D eigenvalue weighted by Gasteiger charge is -2.10. The van der Waals surface area contributed by atoms with E-state index in [1.807, 2.05) is 0 Å². The van der Waals surface area contributed by atoms with Crippen molar-refractivity contribution in [3.63, 3.8) is 0 Å². The second kappa shape index (κ2) is 2.51. The Kier molecular flexibility index (Phi) is 2.01. The molecule has 0 amide bonds. The highest BCUT2D eigenvalue weighted by Crippen LogP contribution is 2.21. The third kappa shape index (κ3) is 1.18. The number of sulfone groups is 1. The van der Waals surface area contributed by atoms with Crippen LogP contribution in [0.4, 0.5) is 0 Å². The summed E-state index contributed by atoms with van der Waals surface area (Å²) >= 11 is 0. The fourth-order valence-electron chi connectivity index (χ4n) is 1.24. The van der Waals surface area contributed by atoms with Crippen molar-refractivity contribution < 1.29 is 13.2 Å². The van der Waals surface area contributed by atoms with Gasteiger partial charge in [-0.15, -0.1) is 0 Å². The van der Waals surface area contributed by atoms with E-state index in [0.29, 0.717) is 6.42 Å². The van der Waals surface area contributed by atoms with E-state index in [2.05, 4.69) is 0 Å². The molecule has 0 aliphatic carbocycles. The summed E-state index contributed by atoms with van der Waals surface area (Å²) in [6.07, 6.45) is 0.574. The third-order valence-corrected chi connectivity index (χ3v) is 4.32. The molecule has 0 radical (unpaired) electrons. The normalized spacial score (nSPS) is 38.2. The van der Waals surface area contributed by atoms with E-state index >= 15 is 0 Å². The van der Waals surface area contributed by atoms with Crippen LogP contribution in [0, 0.1) is 0 Å². The molecular formula is C6H12O3S. The quantitative estimate of drug-likeness (QED) is 0.556. The number of hydrogen-bond donors (Lipinski definition) is 0. The molecule has 1 aliphatic heterocycles. The van der Waals surface area contributed by atoms with Gasteiger partial charge in [0.15, 0.2) is 9.84 Å². The molecule has 1 saturated heterocycles. The maximum absolute atomic E-state index is 11.1. The third-order valence-electron chi connectivity index (χ3n) is 2.08. The van der Waals surface area contributed by atoms with Gasteiger partial charge >= 0.3 is 0 Å². The van der Waals surface area contributed by atoms with Crippen molar-refractivity contribution in [1.29, 1.82) is 0 Å². The predicted octanol–water partition coefficient (Wildman–Crippen LogP) is 0.208. The molecule has 0 saturated carbocycles. The minimum Gasteiger partial charge on any atom is -0.380 e. The first kappa shape index (κ1) is 8.01. The van der Waals surface area contributed by atoms with Gasteiger partial charge in [-0.1, -0.05) is 0 Å². The lowest BCUT2D eigenvalue weighted by Crippen LogP contribution is -2.23. The standard InChI is InChI=1S/C6H12O3S/c1-5-6(9-2)3-4-10(5,7)8/h5-6H,3-4H2,1-2H3/t5-,6-/m0/s1. The van der Waals surface area contributed by atoms with Crippen molar-refractivity contribution in [3.8, 4) is 0 Å². The Morgan fingerprint density at radius 2 is 2.10 bits per heavy atom. The van der Waals surface area contributed by atoms with Crippen molar-refractivity contribution in [2.45, 2.75) is 24.7 Å². The average Bonchev–Trinajstić information content (AvgIpc) is 2.10. The molecule has 1 heterocycles. The van der Waals surface area contributed by atoms with Crippen LogP contribution in [0.5, 0.6) is 0 Å². The van der Waals surface area contributed by atoms with Gasteiger partial charge in [-0.2, -0.15) is 0 Å². The van der Waals surface area contributed by atoms with Crippen LogP contribution in [-0.4, -0.2) is 32.6 Å². The van der Waals surface area contributed by atoms with Gasteiger partial charge in [0.1, 0.15) is 0 Å². The first-order valence-corrected chi connectivity index (χ1v) is 5.04. The van der Waals surface area contributed by atoms with Crippen LogP contribution in [0.1, 0.15) is 13.3 Å². The largest absolute Gasteiger partial charge is 0.380 e. The van der Waals surface area contributed by atoms with E-state index in [9.17, 15) is 8.42 Å². The van der Waals surface area contributed by atoms with E-state index in [1.54, 1.807) is 14.0 Å². The first-order chi connectivity index (χ1) is 4.58. The molecular weight excluding hydrogens is 152 g/mol. The van der Waals surface area contributed by atoms with Crippen molar-refractivity contribution >= 4 is 9.84 Å². The predicted molar refractivity (Wildman–Crippen MR) is 38.7 cm³/mol. The molecule has 0 N–H and O–H groups in total. The van der Waals surface area contributed by atoms with Crippen LogP contribution in [0.15, 0.2) is 0 Å². The first-order valence-electron chi connectivity index (χ1n) is 3.32. The molecule has 2 atom stereocenters. The minimum atomic E-state index is -2.81. The van der Waals surface area contributed by atoms with Gasteiger partial charge in [0.2, 0.25) is 0 Å². The van der Waals surface area contributed by atoms with Crippen molar-refractivity contribution in [2.24, 2.45) is 0 Å². The van der Waals surface area contributed by atoms with E-state index in [0.717, 1.165) is 0 Å². The summed E-state index contributed by atoms with van der Waals surface area (Å²) in [5.74, 6) is 0.284. The zero-order valence-corrected chi connectivity index (χ0v) is 7.02. The van der Waals surface area contributed by atoms with Gasteiger partial charge in [0.05, 0.1) is 17.1 Å². The molecule has 1 fully saturated rings. The van der Waals surface area contributed by atoms with Gasteiger partial charge in [-0.25, -0.2) is 8.42 Å². The monoisotopic (exact) mass is 164 g/mol. The van der Waals surface area contributed by atoms with Gasteiger partial charge in [0, 0.05) is 7.11 Å². The highest BCUT2D eigenvalue weighted by molar-refractivity contribution is 7.92. The zero-order chi connectivity index (χ0) is 7.78. The maximum Gasteiger partial charge on any atom is 0.155 e. The van der Waals surface area contributed by atoms with Crippen LogP contribution in [0.3, 0.4) is 0 Å². The molecule has 60 valence electrons. The van der Waals surface area contributed by atoms with Crippen LogP contribution in [0.25, 0.3) is 0 Å². The summed E-state index contributed by atoms with van der Waals surface area (Å²) in [6.45, 7) is 1.70. The Balaban J connectivity index is 2.77. The van der Waals surface area contributed by atoms with Crippen LogP contribution >= 0.6 is 0 Å². The summed E-state index contributed by atoms with van der Waals surface area (Å²) in [5.41, 5.74) is 0. The van der Waals surface area contributed by atoms with Gasteiger partial charge < -0.3 is 4.74 Å². The fourth-order valence-corrected chi connectivity index (χ4v) is 2.88. The molecule has 0 spiro atoms. The Morgan fingerprint density at radius 3 is 2.30 bits per heavy atom. The molecule has 0 aromatic rings. The second-order valence-electron chi connectivity index (χ2n) is 2.63. The van der Waals surface area contributed by atoms with Gasteiger partial charge in [0.25, 0.3) is 0 Å². The average molecular weight is 164 g/mol. The summed E-state index contributed by atoms with van der Waals surface area (Å²) < 4.78 is 27.1. The highest BCUT2D eigenvalue weighted by Gasteiger charge is 2.36. The topological polar surface area (TPSA) is 43.4 Å². The Labute approximate surface area is 61.3 Å². The lowest BCUT2D eigenvalue weighted by atomic mass is 10.2. The molecule has 10 heavy (non-hydrogen) atoms. The number of methoxy groups -OCH3 is 1. The van der Waals surface area contributed by atoms with Crippen LogP contribution in [0.2, 0.25) is 0 Å². The second-order valence-corrected chi connectivity index (χ2v) is 5.11. The lowest BCUT2D eigenvalue weighted by molar-refractivity contribution is 0.107. The van der Waals surface area contributed by atoms with Crippen molar-refractivity contribution in [3.05, 3.63) is 0 Å². The highest BCUT2D eigenvalue weighted by atomic mass is 32.2. The van der Waals surface area contributed by atoms with E-state index in [-0.39, 0.29) is 17.1 Å². The smallest absolute Gasteiger partial charge is 0.155 e. The zero-order valence-electron chi connectivity index (χ0n) is 6.20. The fraction of sp³-hybridized carbons (Fsp3) is 1.00. The molecule has 0 aromatic heterocycles. The molecule has 1 aliphatic rings. The molecule has 3 nitrogen and oxygen atoms in total. The van der Waals surface area contributed by atoms with Crippen molar-refractivity contribution in [1.82, 2.24) is 0 Å². The Hall–Kier alpha value is -0.0900. The van der Waals surface area contributed by atoms with E-state index in [1.165, 1.54) is 0 Å². The Bertz CT molecular complexity index is 207. The molecule has 0 aromatic carbocycles. The van der Waals surface area contributed by atoms with Crippen LogP contribution in [-0.2, 0) is 14.6 Å². The maximum atomic E-state index is 11.1. The minimum absolute atomic E-state index is 0.0787. The van der Waals surface area contributed by atoms with Crippen molar-refractivity contribution in [2.75, 3.05) is 12.9 Å². The number of rotatable bonds is 1. The Morgan fingerprint density at radius 1 is 1.50 bits per heavy atom.